The third kappa shape index (κ3) is 3.33. The van der Waals surface area contributed by atoms with Crippen molar-refractivity contribution in [3.05, 3.63) is 58.7 Å². The van der Waals surface area contributed by atoms with E-state index in [2.05, 4.69) is 14.9 Å². The van der Waals surface area contributed by atoms with Gasteiger partial charge in [0.15, 0.2) is 11.2 Å². The number of hydrogen-bond acceptors (Lipinski definition) is 7. The van der Waals surface area contributed by atoms with Crippen molar-refractivity contribution in [2.24, 2.45) is 0 Å². The number of carbonyl (C=O) groups is 1. The molecule has 3 aromatic rings. The van der Waals surface area contributed by atoms with Gasteiger partial charge in [0, 0.05) is 37.8 Å². The number of aromatic nitrogens is 2. The van der Waals surface area contributed by atoms with Gasteiger partial charge in [-0.1, -0.05) is 0 Å². The van der Waals surface area contributed by atoms with Gasteiger partial charge in [0.2, 0.25) is 5.88 Å². The molecule has 8 nitrogen and oxygen atoms in total. The molecule has 8 heteroatoms. The third-order valence-corrected chi connectivity index (χ3v) is 4.61. The highest BCUT2D eigenvalue weighted by atomic mass is 16.5. The Labute approximate surface area is 155 Å². The molecular weight excluding hydrogens is 348 g/mol. The maximum atomic E-state index is 12.8. The molecule has 0 bridgehead atoms. The molecule has 2 aromatic heterocycles. The number of amides is 1. The molecule has 0 saturated carbocycles. The largest absolute Gasteiger partial charge is 0.480 e. The van der Waals surface area contributed by atoms with Crippen LogP contribution in [-0.2, 0) is 0 Å². The van der Waals surface area contributed by atoms with Crippen LogP contribution in [0.3, 0.4) is 0 Å². The fraction of sp³-hybridized carbons (Fsp3) is 0.263. The molecule has 1 amide bonds. The number of benzene rings is 1. The van der Waals surface area contributed by atoms with E-state index in [0.29, 0.717) is 48.6 Å². The van der Waals surface area contributed by atoms with E-state index in [9.17, 15) is 9.59 Å². The summed E-state index contributed by atoms with van der Waals surface area (Å²) in [5, 5.41) is 0.468. The quantitative estimate of drug-likeness (QED) is 0.695. The lowest BCUT2D eigenvalue weighted by atomic mass is 10.1. The van der Waals surface area contributed by atoms with E-state index in [1.54, 1.807) is 42.6 Å². The normalized spacial score (nSPS) is 14.4. The molecule has 1 aliphatic heterocycles. The summed E-state index contributed by atoms with van der Waals surface area (Å²) in [7, 11) is 1.55. The Bertz CT molecular complexity index is 1040. The van der Waals surface area contributed by atoms with Crippen LogP contribution in [0, 0.1) is 0 Å². The van der Waals surface area contributed by atoms with E-state index in [1.807, 2.05) is 0 Å². The summed E-state index contributed by atoms with van der Waals surface area (Å²) >= 11 is 0. The van der Waals surface area contributed by atoms with Crippen LogP contribution in [0.15, 0.2) is 52.1 Å². The second-order valence-corrected chi connectivity index (χ2v) is 6.19. The maximum Gasteiger partial charge on any atom is 0.254 e. The molecule has 0 aliphatic carbocycles. The molecule has 1 aliphatic rings. The lowest BCUT2D eigenvalue weighted by Gasteiger charge is -2.35. The summed E-state index contributed by atoms with van der Waals surface area (Å²) < 4.78 is 10.5. The standard InChI is InChI=1S/C19H18N4O4/c1-26-18-12-20-11-17(21-18)22-5-7-23(8-6-22)19(25)13-2-3-14-15(24)4-9-27-16(14)10-13/h2-4,9-12H,5-8H2,1H3. The first-order valence-corrected chi connectivity index (χ1v) is 8.57. The molecule has 4 rings (SSSR count). The number of fused-ring (bicyclic) bond motifs is 1. The number of nitrogens with zero attached hydrogens (tertiary/aromatic N) is 4. The second-order valence-electron chi connectivity index (χ2n) is 6.19. The summed E-state index contributed by atoms with van der Waals surface area (Å²) in [6.07, 6.45) is 4.58. The smallest absolute Gasteiger partial charge is 0.254 e. The SMILES string of the molecule is COc1cncc(N2CCN(C(=O)c3ccc4c(=O)ccoc4c3)CC2)n1. The number of ether oxygens (including phenoxy) is 1. The van der Waals surface area contributed by atoms with E-state index in [1.165, 1.54) is 12.3 Å². The Kier molecular flexibility index (Phi) is 4.45. The van der Waals surface area contributed by atoms with Crippen LogP contribution in [0.2, 0.25) is 0 Å². The molecule has 0 atom stereocenters. The van der Waals surface area contributed by atoms with Gasteiger partial charge >= 0.3 is 0 Å². The van der Waals surface area contributed by atoms with Crippen molar-refractivity contribution in [3.63, 3.8) is 0 Å². The second kappa shape index (κ2) is 7.06. The lowest BCUT2D eigenvalue weighted by Crippen LogP contribution is -2.49. The molecule has 138 valence electrons. The van der Waals surface area contributed by atoms with Crippen molar-refractivity contribution in [3.8, 4) is 5.88 Å². The van der Waals surface area contributed by atoms with Crippen molar-refractivity contribution in [2.45, 2.75) is 0 Å². The van der Waals surface area contributed by atoms with Crippen molar-refractivity contribution in [1.29, 1.82) is 0 Å². The predicted molar refractivity (Wildman–Crippen MR) is 99.2 cm³/mol. The number of rotatable bonds is 3. The van der Waals surface area contributed by atoms with Crippen molar-refractivity contribution in [1.82, 2.24) is 14.9 Å². The Hall–Kier alpha value is -3.42. The van der Waals surface area contributed by atoms with Crippen LogP contribution in [0.1, 0.15) is 10.4 Å². The van der Waals surface area contributed by atoms with Crippen LogP contribution < -0.4 is 15.1 Å². The zero-order chi connectivity index (χ0) is 18.8. The van der Waals surface area contributed by atoms with Crippen molar-refractivity contribution in [2.75, 3.05) is 38.2 Å². The molecular formula is C19H18N4O4. The van der Waals surface area contributed by atoms with Crippen molar-refractivity contribution >= 4 is 22.7 Å². The van der Waals surface area contributed by atoms with Crippen molar-refractivity contribution < 1.29 is 13.9 Å². The molecule has 1 aromatic carbocycles. The van der Waals surface area contributed by atoms with Gasteiger partial charge in [-0.25, -0.2) is 0 Å². The van der Waals surface area contributed by atoms with Gasteiger partial charge in [-0.05, 0) is 18.2 Å². The van der Waals surface area contributed by atoms with E-state index in [0.717, 1.165) is 5.82 Å². The number of anilines is 1. The summed E-state index contributed by atoms with van der Waals surface area (Å²) in [6.45, 7) is 2.43. The monoisotopic (exact) mass is 366 g/mol. The van der Waals surface area contributed by atoms with E-state index in [4.69, 9.17) is 9.15 Å². The van der Waals surface area contributed by atoms with Gasteiger partial charge in [0.1, 0.15) is 5.58 Å². The first-order chi connectivity index (χ1) is 13.2. The third-order valence-electron chi connectivity index (χ3n) is 4.61. The Morgan fingerprint density at radius 2 is 1.96 bits per heavy atom. The summed E-state index contributed by atoms with van der Waals surface area (Å²) in [6, 6.07) is 6.29. The first kappa shape index (κ1) is 17.0. The Morgan fingerprint density at radius 1 is 1.15 bits per heavy atom. The molecule has 0 spiro atoms. The van der Waals surface area contributed by atoms with Gasteiger partial charge in [-0.15, -0.1) is 0 Å². The van der Waals surface area contributed by atoms with Gasteiger partial charge in [0.05, 0.1) is 31.2 Å². The van der Waals surface area contributed by atoms with Gasteiger partial charge in [-0.2, -0.15) is 4.98 Å². The van der Waals surface area contributed by atoms with Gasteiger partial charge in [-0.3, -0.25) is 14.6 Å². The zero-order valence-corrected chi connectivity index (χ0v) is 14.8. The minimum Gasteiger partial charge on any atom is -0.480 e. The van der Waals surface area contributed by atoms with E-state index < -0.39 is 0 Å². The average Bonchev–Trinajstić information content (AvgIpc) is 2.73. The van der Waals surface area contributed by atoms with Crippen LogP contribution in [0.25, 0.3) is 11.0 Å². The summed E-state index contributed by atoms with van der Waals surface area (Å²) in [5.74, 6) is 1.11. The maximum absolute atomic E-state index is 12.8. The summed E-state index contributed by atoms with van der Waals surface area (Å²) in [5.41, 5.74) is 0.799. The average molecular weight is 366 g/mol. The van der Waals surface area contributed by atoms with Gasteiger partial charge in [0.25, 0.3) is 5.91 Å². The highest BCUT2D eigenvalue weighted by Crippen LogP contribution is 2.18. The van der Waals surface area contributed by atoms with Crippen LogP contribution in [0.5, 0.6) is 5.88 Å². The molecule has 1 fully saturated rings. The fourth-order valence-electron chi connectivity index (χ4n) is 3.13. The van der Waals surface area contributed by atoms with Crippen LogP contribution >= 0.6 is 0 Å². The first-order valence-electron chi connectivity index (χ1n) is 8.57. The number of methoxy groups -OCH3 is 1. The van der Waals surface area contributed by atoms with Crippen LogP contribution in [-0.4, -0.2) is 54.1 Å². The van der Waals surface area contributed by atoms with E-state index >= 15 is 0 Å². The topological polar surface area (TPSA) is 88.8 Å². The lowest BCUT2D eigenvalue weighted by molar-refractivity contribution is 0.0746. The van der Waals surface area contributed by atoms with Gasteiger partial charge < -0.3 is 19.0 Å². The minimum absolute atomic E-state index is 0.0835. The number of hydrogen-bond donors (Lipinski definition) is 0. The highest BCUT2D eigenvalue weighted by molar-refractivity contribution is 5.97. The zero-order valence-electron chi connectivity index (χ0n) is 14.8. The molecule has 1 saturated heterocycles. The predicted octanol–water partition coefficient (Wildman–Crippen LogP) is 1.55. The number of piperazine rings is 1. The minimum atomic E-state index is -0.122. The molecule has 3 heterocycles. The Balaban J connectivity index is 1.47. The highest BCUT2D eigenvalue weighted by Gasteiger charge is 2.23. The number of carbonyl (C=O) groups excluding carboxylic acids is 1. The van der Waals surface area contributed by atoms with E-state index in [-0.39, 0.29) is 11.3 Å². The molecule has 0 N–H and O–H groups in total. The molecule has 0 unspecified atom stereocenters. The molecule has 27 heavy (non-hydrogen) atoms. The van der Waals surface area contributed by atoms with Crippen LogP contribution in [0.4, 0.5) is 5.82 Å². The molecule has 0 radical (unpaired) electrons. The Morgan fingerprint density at radius 3 is 2.74 bits per heavy atom. The fourth-order valence-corrected chi connectivity index (χ4v) is 3.13. The summed E-state index contributed by atoms with van der Waals surface area (Å²) in [4.78, 5) is 37.0.